The van der Waals surface area contributed by atoms with Crippen LogP contribution in [0.15, 0.2) is 45.6 Å². The van der Waals surface area contributed by atoms with E-state index in [-0.39, 0.29) is 11.1 Å². The van der Waals surface area contributed by atoms with Crippen molar-refractivity contribution in [2.24, 2.45) is 0 Å². The van der Waals surface area contributed by atoms with Crippen LogP contribution in [0.25, 0.3) is 40.7 Å². The van der Waals surface area contributed by atoms with Crippen LogP contribution in [0.1, 0.15) is 61.3 Å². The van der Waals surface area contributed by atoms with Crippen molar-refractivity contribution >= 4 is 99.9 Å². The van der Waals surface area contributed by atoms with E-state index >= 15 is 0 Å². The Bertz CT molecular complexity index is 2460. The number of likely N-dealkylation sites (N-methyl/N-ethyl adjacent to an activating group) is 2. The highest BCUT2D eigenvalue weighted by atomic mass is 32.1. The van der Waals surface area contributed by atoms with Gasteiger partial charge in [-0.25, -0.2) is 0 Å². The predicted molar refractivity (Wildman–Crippen MR) is 192 cm³/mol. The SMILES string of the molecule is CC1=C(C#N)C(=O)N(C)C(=O)/C1=C/c1cc2sc3c(c2s1)OC1(CCCCC1)c1c-3sc2cc(/C=C3/C(=O)N(C)C(=O)C(C#N)=C3C)sc12. The van der Waals surface area contributed by atoms with E-state index in [4.69, 9.17) is 4.74 Å². The van der Waals surface area contributed by atoms with Gasteiger partial charge in [-0.1, -0.05) is 6.42 Å². The van der Waals surface area contributed by atoms with Crippen molar-refractivity contribution in [2.75, 3.05) is 14.1 Å². The number of fused-ring (bicyclic) bond motifs is 8. The lowest BCUT2D eigenvalue weighted by Crippen LogP contribution is -2.39. The minimum atomic E-state index is -0.586. The van der Waals surface area contributed by atoms with Gasteiger partial charge in [-0.2, -0.15) is 10.5 Å². The molecule has 49 heavy (non-hydrogen) atoms. The van der Waals surface area contributed by atoms with E-state index in [1.807, 2.05) is 18.2 Å². The monoisotopic (exact) mass is 722 g/mol. The summed E-state index contributed by atoms with van der Waals surface area (Å²) in [5, 5.41) is 19.2. The number of nitriles is 2. The Kier molecular flexibility index (Phi) is 7.21. The van der Waals surface area contributed by atoms with Crippen LogP contribution in [0.3, 0.4) is 0 Å². The van der Waals surface area contributed by atoms with E-state index in [9.17, 15) is 29.7 Å². The summed E-state index contributed by atoms with van der Waals surface area (Å²) in [5.74, 6) is -1.15. The lowest BCUT2D eigenvalue weighted by molar-refractivity contribution is -0.140. The number of amides is 4. The summed E-state index contributed by atoms with van der Waals surface area (Å²) in [6.07, 6.45) is 8.55. The second kappa shape index (κ2) is 11.2. The molecule has 1 spiro atoms. The molecule has 0 N–H and O–H groups in total. The Morgan fingerprint density at radius 1 is 0.714 bits per heavy atom. The van der Waals surface area contributed by atoms with Crippen molar-refractivity contribution in [3.8, 4) is 27.6 Å². The number of imide groups is 2. The van der Waals surface area contributed by atoms with Crippen molar-refractivity contribution in [2.45, 2.75) is 51.6 Å². The van der Waals surface area contributed by atoms with Crippen LogP contribution >= 0.6 is 45.3 Å². The average molecular weight is 723 g/mol. The minimum Gasteiger partial charge on any atom is -0.479 e. The zero-order chi connectivity index (χ0) is 34.5. The molecular weight excluding hydrogens is 697 g/mol. The number of ether oxygens (including phenoxy) is 1. The van der Waals surface area contributed by atoms with Gasteiger partial charge in [0.15, 0.2) is 5.75 Å². The van der Waals surface area contributed by atoms with Crippen molar-refractivity contribution < 1.29 is 23.9 Å². The van der Waals surface area contributed by atoms with E-state index in [1.165, 1.54) is 24.5 Å². The molecule has 4 aliphatic rings. The topological polar surface area (TPSA) is 132 Å². The van der Waals surface area contributed by atoms with Gasteiger partial charge >= 0.3 is 0 Å². The summed E-state index contributed by atoms with van der Waals surface area (Å²) in [6.45, 7) is 3.29. The number of carbonyl (C=O) groups excluding carboxylic acids is 4. The molecule has 0 radical (unpaired) electrons. The van der Waals surface area contributed by atoms with Crippen LogP contribution in [0.5, 0.6) is 5.75 Å². The van der Waals surface area contributed by atoms with Crippen LogP contribution < -0.4 is 4.74 Å². The fraction of sp³-hybridized carbons (Fsp3) is 0.278. The Labute approximate surface area is 296 Å². The zero-order valence-corrected chi connectivity index (χ0v) is 30.1. The van der Waals surface area contributed by atoms with Crippen LogP contribution in [0.2, 0.25) is 0 Å². The second-order valence-electron chi connectivity index (χ2n) is 12.6. The molecule has 4 aromatic rings. The molecule has 3 aliphatic heterocycles. The molecule has 8 rings (SSSR count). The largest absolute Gasteiger partial charge is 0.479 e. The average Bonchev–Trinajstić information content (AvgIpc) is 3.84. The maximum Gasteiger partial charge on any atom is 0.271 e. The third-order valence-electron chi connectivity index (χ3n) is 9.81. The van der Waals surface area contributed by atoms with Gasteiger partial charge in [0.2, 0.25) is 0 Å². The van der Waals surface area contributed by atoms with E-state index in [1.54, 1.807) is 71.3 Å². The molecule has 0 saturated heterocycles. The first-order chi connectivity index (χ1) is 23.5. The van der Waals surface area contributed by atoms with E-state index in [0.717, 1.165) is 81.1 Å². The summed E-state index contributed by atoms with van der Waals surface area (Å²) in [5.41, 5.74) is 2.13. The van der Waals surface area contributed by atoms with Gasteiger partial charge in [-0.3, -0.25) is 29.0 Å². The molecule has 0 aromatic carbocycles. The van der Waals surface area contributed by atoms with E-state index in [0.29, 0.717) is 22.3 Å². The summed E-state index contributed by atoms with van der Waals surface area (Å²) < 4.78 is 11.5. The molecule has 0 unspecified atom stereocenters. The highest BCUT2D eigenvalue weighted by Gasteiger charge is 2.46. The lowest BCUT2D eigenvalue weighted by atomic mass is 9.78. The van der Waals surface area contributed by atoms with Gasteiger partial charge in [-0.05, 0) is 75.0 Å². The molecule has 1 fully saturated rings. The summed E-state index contributed by atoms with van der Waals surface area (Å²) in [4.78, 5) is 57.1. The van der Waals surface area contributed by atoms with Crippen LogP contribution in [0.4, 0.5) is 0 Å². The van der Waals surface area contributed by atoms with Gasteiger partial charge in [0.05, 0.1) is 23.9 Å². The molecule has 0 atom stereocenters. The molecular formula is C36H26N4O5S4. The van der Waals surface area contributed by atoms with Crippen LogP contribution in [-0.4, -0.2) is 47.5 Å². The minimum absolute atomic E-state index is 0.0190. The Morgan fingerprint density at radius 3 is 1.73 bits per heavy atom. The maximum atomic E-state index is 13.1. The van der Waals surface area contributed by atoms with Crippen molar-refractivity contribution in [3.05, 3.63) is 60.9 Å². The van der Waals surface area contributed by atoms with Crippen molar-refractivity contribution in [1.82, 2.24) is 9.80 Å². The number of hydrogen-bond donors (Lipinski definition) is 0. The first-order valence-electron chi connectivity index (χ1n) is 15.6. The molecule has 4 amide bonds. The Morgan fingerprint density at radius 2 is 1.20 bits per heavy atom. The van der Waals surface area contributed by atoms with Crippen LogP contribution in [0, 0.1) is 22.7 Å². The zero-order valence-electron chi connectivity index (χ0n) is 26.8. The molecule has 1 saturated carbocycles. The summed E-state index contributed by atoms with van der Waals surface area (Å²) in [6, 6.07) is 8.05. The molecule has 4 aromatic heterocycles. The standard InChI is InChI=1S/C36H26N4O5S4/c1-16-20(32(41)39(3)34(43)22(16)14-37)10-18-12-24-28(46-18)26-30(48-24)31-27(45-36(26)8-6-5-7-9-36)29-25(49-31)13-19(47-29)11-21-17(2)23(15-38)35(44)40(4)33(21)42/h10-13H,5-9H2,1-4H3/b20-10+,21-11+. The molecule has 0 bridgehead atoms. The fourth-order valence-electron chi connectivity index (χ4n) is 7.15. The van der Waals surface area contributed by atoms with Crippen molar-refractivity contribution in [1.29, 1.82) is 10.5 Å². The number of nitrogens with zero attached hydrogens (tertiary/aromatic N) is 4. The number of rotatable bonds is 2. The summed E-state index contributed by atoms with van der Waals surface area (Å²) in [7, 11) is 2.79. The first-order valence-corrected chi connectivity index (χ1v) is 18.9. The van der Waals surface area contributed by atoms with Gasteiger partial charge in [0.1, 0.15) is 28.9 Å². The van der Waals surface area contributed by atoms with Crippen LogP contribution in [-0.2, 0) is 24.8 Å². The van der Waals surface area contributed by atoms with E-state index in [2.05, 4.69) is 6.07 Å². The lowest BCUT2D eigenvalue weighted by Gasteiger charge is -2.40. The number of carbonyl (C=O) groups is 4. The Hall–Kier alpha value is -4.66. The molecule has 13 heteroatoms. The van der Waals surface area contributed by atoms with E-state index < -0.39 is 29.2 Å². The normalized spacial score (nSPS) is 20.9. The van der Waals surface area contributed by atoms with Gasteiger partial charge in [0, 0.05) is 45.3 Å². The molecule has 244 valence electrons. The van der Waals surface area contributed by atoms with Crippen molar-refractivity contribution in [3.63, 3.8) is 0 Å². The molecule has 1 aliphatic carbocycles. The van der Waals surface area contributed by atoms with Gasteiger partial charge in [0.25, 0.3) is 23.6 Å². The maximum absolute atomic E-state index is 13.1. The predicted octanol–water partition coefficient (Wildman–Crippen LogP) is 7.90. The number of thiophene rings is 4. The third-order valence-corrected chi connectivity index (χ3v) is 14.7. The molecule has 7 heterocycles. The van der Waals surface area contributed by atoms with Gasteiger partial charge < -0.3 is 4.74 Å². The second-order valence-corrected chi connectivity index (χ2v) is 16.9. The number of hydrogen-bond acceptors (Lipinski definition) is 11. The Balaban J connectivity index is 1.25. The molecule has 9 nitrogen and oxygen atoms in total. The first kappa shape index (κ1) is 31.6. The highest BCUT2D eigenvalue weighted by Crippen LogP contribution is 2.62. The summed E-state index contributed by atoms with van der Waals surface area (Å²) >= 11 is 6.54. The smallest absolute Gasteiger partial charge is 0.271 e. The van der Waals surface area contributed by atoms with Gasteiger partial charge in [-0.15, -0.1) is 45.3 Å². The highest BCUT2D eigenvalue weighted by molar-refractivity contribution is 7.35. The fourth-order valence-corrected chi connectivity index (χ4v) is 12.5. The third kappa shape index (κ3) is 4.50. The quantitative estimate of drug-likeness (QED) is 0.152.